The molecule has 2 atom stereocenters. The molecule has 2 aliphatic heterocycles. The Kier molecular flexibility index (Phi) is 4.17. The Balaban J connectivity index is 1.56. The number of halogens is 1. The van der Waals surface area contributed by atoms with Crippen molar-refractivity contribution < 1.29 is 9.47 Å². The molecule has 2 fully saturated rings. The number of rotatable bonds is 3. The van der Waals surface area contributed by atoms with Gasteiger partial charge in [-0.2, -0.15) is 0 Å². The quantitative estimate of drug-likeness (QED) is 0.799. The average Bonchev–Trinajstić information content (AvgIpc) is 2.40. The molecular formula is C14H19BrN2O2. The van der Waals surface area contributed by atoms with Crippen molar-refractivity contribution in [2.45, 2.75) is 31.1 Å². The van der Waals surface area contributed by atoms with Crippen LogP contribution in [-0.2, 0) is 9.47 Å². The number of piperidine rings is 1. The van der Waals surface area contributed by atoms with Crippen LogP contribution in [0.4, 0.5) is 0 Å². The molecule has 5 heteroatoms. The first kappa shape index (κ1) is 13.5. The Morgan fingerprint density at radius 2 is 2.16 bits per heavy atom. The molecule has 0 radical (unpaired) electrons. The molecular weight excluding hydrogens is 308 g/mol. The number of ether oxygens (including phenoxy) is 2. The monoisotopic (exact) mass is 326 g/mol. The molecule has 0 spiro atoms. The lowest BCUT2D eigenvalue weighted by atomic mass is 9.89. The van der Waals surface area contributed by atoms with E-state index in [-0.39, 0.29) is 6.29 Å². The van der Waals surface area contributed by atoms with Crippen molar-refractivity contribution in [2.75, 3.05) is 26.8 Å². The summed E-state index contributed by atoms with van der Waals surface area (Å²) < 4.78 is 11.6. The first-order chi connectivity index (χ1) is 9.28. The number of nitrogens with zero attached hydrogens (tertiary/aromatic N) is 2. The smallest absolute Gasteiger partial charge is 0.174 e. The molecule has 4 nitrogen and oxygen atoms in total. The molecule has 3 heterocycles. The van der Waals surface area contributed by atoms with Gasteiger partial charge in [-0.05, 0) is 59.4 Å². The van der Waals surface area contributed by atoms with Crippen LogP contribution < -0.4 is 0 Å². The molecule has 0 saturated carbocycles. The molecule has 19 heavy (non-hydrogen) atoms. The highest BCUT2D eigenvalue weighted by molar-refractivity contribution is 9.10. The lowest BCUT2D eigenvalue weighted by Gasteiger charge is -2.45. The van der Waals surface area contributed by atoms with Gasteiger partial charge in [-0.25, -0.2) is 4.98 Å². The number of methoxy groups -OCH3 is 1. The van der Waals surface area contributed by atoms with Gasteiger partial charge >= 0.3 is 0 Å². The predicted octanol–water partition coefficient (Wildman–Crippen LogP) is 2.39. The Labute approximate surface area is 122 Å². The normalized spacial score (nSPS) is 29.2. The number of likely N-dealkylation sites (tertiary alicyclic amines) is 1. The van der Waals surface area contributed by atoms with E-state index in [1.807, 2.05) is 12.3 Å². The van der Waals surface area contributed by atoms with E-state index in [0.29, 0.717) is 12.0 Å². The Bertz CT molecular complexity index is 416. The number of hydrogen-bond donors (Lipinski definition) is 0. The second-order valence-corrected chi connectivity index (χ2v) is 6.04. The summed E-state index contributed by atoms with van der Waals surface area (Å²) in [6.45, 7) is 3.05. The summed E-state index contributed by atoms with van der Waals surface area (Å²) in [5.74, 6) is 0.638. The van der Waals surface area contributed by atoms with E-state index in [0.717, 1.165) is 24.3 Å². The van der Waals surface area contributed by atoms with Gasteiger partial charge < -0.3 is 9.47 Å². The molecule has 0 N–H and O–H groups in total. The molecule has 2 aliphatic rings. The third-order valence-corrected chi connectivity index (χ3v) is 4.67. The third kappa shape index (κ3) is 2.84. The van der Waals surface area contributed by atoms with Gasteiger partial charge in [0.2, 0.25) is 0 Å². The summed E-state index contributed by atoms with van der Waals surface area (Å²) in [5, 5.41) is 0. The van der Waals surface area contributed by atoms with E-state index < -0.39 is 0 Å². The van der Waals surface area contributed by atoms with Crippen LogP contribution in [0.1, 0.15) is 24.3 Å². The zero-order chi connectivity index (χ0) is 13.2. The molecule has 0 bridgehead atoms. The van der Waals surface area contributed by atoms with E-state index in [1.54, 1.807) is 7.11 Å². The lowest BCUT2D eigenvalue weighted by Crippen LogP contribution is -2.58. The van der Waals surface area contributed by atoms with Crippen LogP contribution in [-0.4, -0.2) is 49.0 Å². The van der Waals surface area contributed by atoms with Crippen LogP contribution in [0.3, 0.4) is 0 Å². The molecule has 1 aromatic heterocycles. The predicted molar refractivity (Wildman–Crippen MR) is 76.0 cm³/mol. The van der Waals surface area contributed by atoms with E-state index in [2.05, 4.69) is 31.9 Å². The fourth-order valence-corrected chi connectivity index (χ4v) is 3.19. The number of hydrogen-bond acceptors (Lipinski definition) is 4. The minimum absolute atomic E-state index is 0.0223. The summed E-state index contributed by atoms with van der Waals surface area (Å²) in [4.78, 5) is 6.82. The molecule has 2 saturated heterocycles. The maximum absolute atomic E-state index is 5.39. The first-order valence-corrected chi connectivity index (χ1v) is 7.57. The minimum atomic E-state index is -0.0223. The molecule has 1 unspecified atom stereocenters. The van der Waals surface area contributed by atoms with Crippen molar-refractivity contribution in [3.63, 3.8) is 0 Å². The molecule has 1 aromatic rings. The maximum Gasteiger partial charge on any atom is 0.174 e. The van der Waals surface area contributed by atoms with Crippen LogP contribution in [0.25, 0.3) is 0 Å². The highest BCUT2D eigenvalue weighted by Crippen LogP contribution is 2.31. The van der Waals surface area contributed by atoms with Crippen molar-refractivity contribution in [3.8, 4) is 0 Å². The minimum Gasteiger partial charge on any atom is -0.354 e. The van der Waals surface area contributed by atoms with Gasteiger partial charge in [-0.3, -0.25) is 4.90 Å². The first-order valence-electron chi connectivity index (χ1n) is 6.78. The van der Waals surface area contributed by atoms with Crippen LogP contribution >= 0.6 is 15.9 Å². The number of pyridine rings is 1. The molecule has 104 valence electrons. The van der Waals surface area contributed by atoms with Gasteiger partial charge in [-0.1, -0.05) is 6.07 Å². The molecule has 3 rings (SSSR count). The van der Waals surface area contributed by atoms with Gasteiger partial charge in [0, 0.05) is 13.3 Å². The number of aromatic nitrogens is 1. The zero-order valence-electron chi connectivity index (χ0n) is 11.1. The van der Waals surface area contributed by atoms with E-state index in [9.17, 15) is 0 Å². The average molecular weight is 327 g/mol. The highest BCUT2D eigenvalue weighted by Gasteiger charge is 2.38. The standard InChI is InChI=1S/C14H19BrN2O2/c1-18-14-12(9-19-14)17-6-4-10(5-7-17)11-2-3-13(15)16-8-11/h2-3,8,10,12,14H,4-7,9H2,1H3/t12?,14-/m0/s1. The van der Waals surface area contributed by atoms with Crippen LogP contribution in [0, 0.1) is 0 Å². The largest absolute Gasteiger partial charge is 0.354 e. The van der Waals surface area contributed by atoms with Gasteiger partial charge in [0.15, 0.2) is 6.29 Å². The highest BCUT2D eigenvalue weighted by atomic mass is 79.9. The Morgan fingerprint density at radius 3 is 2.68 bits per heavy atom. The zero-order valence-corrected chi connectivity index (χ0v) is 12.7. The fourth-order valence-electron chi connectivity index (χ4n) is 2.96. The summed E-state index contributed by atoms with van der Waals surface area (Å²) in [6, 6.07) is 4.67. The van der Waals surface area contributed by atoms with Crippen LogP contribution in [0.2, 0.25) is 0 Å². The summed E-state index contributed by atoms with van der Waals surface area (Å²) in [5.41, 5.74) is 1.36. The molecule has 0 amide bonds. The summed E-state index contributed by atoms with van der Waals surface area (Å²) in [7, 11) is 1.72. The van der Waals surface area contributed by atoms with Crippen molar-refractivity contribution in [1.82, 2.24) is 9.88 Å². The Morgan fingerprint density at radius 1 is 1.37 bits per heavy atom. The lowest BCUT2D eigenvalue weighted by molar-refractivity contribution is -0.253. The Hall–Kier alpha value is -0.490. The topological polar surface area (TPSA) is 34.6 Å². The van der Waals surface area contributed by atoms with E-state index in [4.69, 9.17) is 9.47 Å². The van der Waals surface area contributed by atoms with Gasteiger partial charge in [0.25, 0.3) is 0 Å². The van der Waals surface area contributed by atoms with Gasteiger partial charge in [-0.15, -0.1) is 0 Å². The van der Waals surface area contributed by atoms with Crippen molar-refractivity contribution >= 4 is 15.9 Å². The van der Waals surface area contributed by atoms with Gasteiger partial charge in [0.05, 0.1) is 12.6 Å². The molecule has 0 aromatic carbocycles. The van der Waals surface area contributed by atoms with Crippen molar-refractivity contribution in [3.05, 3.63) is 28.5 Å². The van der Waals surface area contributed by atoms with Crippen molar-refractivity contribution in [2.24, 2.45) is 0 Å². The van der Waals surface area contributed by atoms with Crippen molar-refractivity contribution in [1.29, 1.82) is 0 Å². The second-order valence-electron chi connectivity index (χ2n) is 5.23. The van der Waals surface area contributed by atoms with E-state index in [1.165, 1.54) is 18.4 Å². The maximum atomic E-state index is 5.39. The van der Waals surface area contributed by atoms with E-state index >= 15 is 0 Å². The van der Waals surface area contributed by atoms with Crippen LogP contribution in [0.5, 0.6) is 0 Å². The summed E-state index contributed by atoms with van der Waals surface area (Å²) in [6.07, 6.45) is 4.35. The second kappa shape index (κ2) is 5.87. The third-order valence-electron chi connectivity index (χ3n) is 4.20. The molecule has 0 aliphatic carbocycles. The fraction of sp³-hybridized carbons (Fsp3) is 0.643. The van der Waals surface area contributed by atoms with Gasteiger partial charge in [0.1, 0.15) is 4.60 Å². The summed E-state index contributed by atoms with van der Waals surface area (Å²) >= 11 is 3.38. The van der Waals surface area contributed by atoms with Crippen LogP contribution in [0.15, 0.2) is 22.9 Å². The SMILES string of the molecule is CO[C@H]1OCC1N1CCC(c2ccc(Br)nc2)CC1.